The molecule has 31 heavy (non-hydrogen) atoms. The molecule has 3 aromatic rings. The predicted octanol–water partition coefficient (Wildman–Crippen LogP) is 5.87. The standard InChI is InChI=1S/C25H26F2N2O2/c1-16(2)18-5-3-17(4-6-18)15-29(20-8-9-20)25(30)12-11-24-28-14-23(31-24)21-10-7-19(26)13-22(21)27/h3-7,10,13-14,16,20H,8-9,11-12,15H2,1-2H3. The highest BCUT2D eigenvalue weighted by atomic mass is 19.1. The molecule has 162 valence electrons. The van der Waals surface area contributed by atoms with Crippen molar-refractivity contribution >= 4 is 5.91 Å². The Morgan fingerprint density at radius 3 is 2.55 bits per heavy atom. The van der Waals surface area contributed by atoms with E-state index in [0.717, 1.165) is 24.5 Å². The van der Waals surface area contributed by atoms with E-state index in [-0.39, 0.29) is 23.7 Å². The van der Waals surface area contributed by atoms with Gasteiger partial charge in [0.25, 0.3) is 0 Å². The van der Waals surface area contributed by atoms with Crippen molar-refractivity contribution in [2.24, 2.45) is 0 Å². The molecule has 4 rings (SSSR count). The van der Waals surface area contributed by atoms with E-state index in [1.165, 1.54) is 23.9 Å². The van der Waals surface area contributed by atoms with E-state index in [1.54, 1.807) is 0 Å². The van der Waals surface area contributed by atoms with E-state index in [9.17, 15) is 13.6 Å². The second-order valence-electron chi connectivity index (χ2n) is 8.39. The van der Waals surface area contributed by atoms with Crippen molar-refractivity contribution in [3.8, 4) is 11.3 Å². The fraction of sp³-hybridized carbons (Fsp3) is 0.360. The molecular formula is C25H26F2N2O2. The largest absolute Gasteiger partial charge is 0.441 e. The van der Waals surface area contributed by atoms with E-state index < -0.39 is 11.6 Å². The van der Waals surface area contributed by atoms with Crippen LogP contribution in [0.3, 0.4) is 0 Å². The summed E-state index contributed by atoms with van der Waals surface area (Å²) in [6.45, 7) is 4.92. The SMILES string of the molecule is CC(C)c1ccc(CN(C(=O)CCc2ncc(-c3ccc(F)cc3F)o2)C2CC2)cc1. The first kappa shape index (κ1) is 21.2. The molecule has 0 unspecified atom stereocenters. The third kappa shape index (κ3) is 5.19. The van der Waals surface area contributed by atoms with Crippen molar-refractivity contribution < 1.29 is 18.0 Å². The summed E-state index contributed by atoms with van der Waals surface area (Å²) in [4.78, 5) is 19.0. The number of aryl methyl sites for hydroxylation is 1. The van der Waals surface area contributed by atoms with Crippen LogP contribution < -0.4 is 0 Å². The number of amides is 1. The predicted molar refractivity (Wildman–Crippen MR) is 114 cm³/mol. The van der Waals surface area contributed by atoms with Crippen molar-refractivity contribution in [2.75, 3.05) is 0 Å². The van der Waals surface area contributed by atoms with Crippen LogP contribution in [0.15, 0.2) is 53.1 Å². The van der Waals surface area contributed by atoms with Crippen molar-refractivity contribution in [2.45, 2.75) is 58.0 Å². The molecule has 1 aliphatic carbocycles. The summed E-state index contributed by atoms with van der Waals surface area (Å²) in [5.74, 6) is -0.228. The zero-order chi connectivity index (χ0) is 22.0. The number of rotatable bonds is 8. The van der Waals surface area contributed by atoms with Gasteiger partial charge in [-0.3, -0.25) is 4.79 Å². The van der Waals surface area contributed by atoms with Gasteiger partial charge in [0.2, 0.25) is 5.91 Å². The highest BCUT2D eigenvalue weighted by Crippen LogP contribution is 2.30. The second kappa shape index (κ2) is 9.00. The molecule has 4 nitrogen and oxygen atoms in total. The van der Waals surface area contributed by atoms with Gasteiger partial charge in [-0.1, -0.05) is 38.1 Å². The van der Waals surface area contributed by atoms with Gasteiger partial charge in [-0.05, 0) is 42.0 Å². The maximum absolute atomic E-state index is 13.9. The number of oxazole rings is 1. The topological polar surface area (TPSA) is 46.3 Å². The molecule has 1 fully saturated rings. The first-order chi connectivity index (χ1) is 14.9. The average Bonchev–Trinajstić information content (AvgIpc) is 3.48. The minimum atomic E-state index is -0.706. The monoisotopic (exact) mass is 424 g/mol. The average molecular weight is 424 g/mol. The van der Waals surface area contributed by atoms with Crippen LogP contribution in [0.5, 0.6) is 0 Å². The van der Waals surface area contributed by atoms with Gasteiger partial charge in [0.1, 0.15) is 11.6 Å². The van der Waals surface area contributed by atoms with Gasteiger partial charge >= 0.3 is 0 Å². The fourth-order valence-corrected chi connectivity index (χ4v) is 3.61. The highest BCUT2D eigenvalue weighted by Gasteiger charge is 2.32. The van der Waals surface area contributed by atoms with Gasteiger partial charge in [-0.15, -0.1) is 0 Å². The Hall–Kier alpha value is -3.02. The van der Waals surface area contributed by atoms with E-state index >= 15 is 0 Å². The summed E-state index contributed by atoms with van der Waals surface area (Å²) < 4.78 is 32.7. The first-order valence-electron chi connectivity index (χ1n) is 10.7. The number of carbonyl (C=O) groups is 1. The van der Waals surface area contributed by atoms with Crippen LogP contribution in [0.4, 0.5) is 8.78 Å². The lowest BCUT2D eigenvalue weighted by Crippen LogP contribution is -2.32. The smallest absolute Gasteiger partial charge is 0.223 e. The summed E-state index contributed by atoms with van der Waals surface area (Å²) in [6, 6.07) is 12.0. The lowest BCUT2D eigenvalue weighted by molar-refractivity contribution is -0.132. The number of aromatic nitrogens is 1. The van der Waals surface area contributed by atoms with Crippen LogP contribution in [0.2, 0.25) is 0 Å². The molecule has 0 aliphatic heterocycles. The Bertz CT molecular complexity index is 1060. The quantitative estimate of drug-likeness (QED) is 0.455. The molecule has 0 saturated heterocycles. The number of nitrogens with zero attached hydrogens (tertiary/aromatic N) is 2. The molecule has 1 aromatic heterocycles. The number of hydrogen-bond acceptors (Lipinski definition) is 3. The third-order valence-electron chi connectivity index (χ3n) is 5.61. The minimum Gasteiger partial charge on any atom is -0.441 e. The lowest BCUT2D eigenvalue weighted by Gasteiger charge is -2.22. The van der Waals surface area contributed by atoms with Crippen LogP contribution in [0, 0.1) is 11.6 Å². The van der Waals surface area contributed by atoms with Crippen molar-refractivity contribution in [3.63, 3.8) is 0 Å². The van der Waals surface area contributed by atoms with Crippen LogP contribution in [-0.2, 0) is 17.8 Å². The number of benzene rings is 2. The number of halogens is 2. The Kier molecular flexibility index (Phi) is 6.16. The van der Waals surface area contributed by atoms with Crippen LogP contribution in [0.25, 0.3) is 11.3 Å². The molecule has 0 bridgehead atoms. The van der Waals surface area contributed by atoms with Gasteiger partial charge in [0, 0.05) is 31.5 Å². The summed E-state index contributed by atoms with van der Waals surface area (Å²) in [5.41, 5.74) is 2.55. The van der Waals surface area contributed by atoms with E-state index in [1.807, 2.05) is 4.90 Å². The Morgan fingerprint density at radius 2 is 1.90 bits per heavy atom. The molecule has 0 atom stereocenters. The van der Waals surface area contributed by atoms with Crippen molar-refractivity contribution in [3.05, 3.63) is 77.3 Å². The molecule has 2 aromatic carbocycles. The minimum absolute atomic E-state index is 0.0585. The number of carbonyl (C=O) groups excluding carboxylic acids is 1. The zero-order valence-corrected chi connectivity index (χ0v) is 17.8. The molecule has 0 N–H and O–H groups in total. The molecule has 1 heterocycles. The maximum atomic E-state index is 13.9. The molecular weight excluding hydrogens is 398 g/mol. The lowest BCUT2D eigenvalue weighted by atomic mass is 10.0. The van der Waals surface area contributed by atoms with Gasteiger partial charge in [-0.25, -0.2) is 13.8 Å². The molecule has 0 radical (unpaired) electrons. The normalized spacial score (nSPS) is 13.6. The Balaban J connectivity index is 1.38. The van der Waals surface area contributed by atoms with E-state index in [0.29, 0.717) is 30.8 Å². The fourth-order valence-electron chi connectivity index (χ4n) is 3.61. The molecule has 1 saturated carbocycles. The van der Waals surface area contributed by atoms with Crippen LogP contribution in [0.1, 0.15) is 56.0 Å². The van der Waals surface area contributed by atoms with E-state index in [2.05, 4.69) is 43.1 Å². The van der Waals surface area contributed by atoms with Crippen molar-refractivity contribution in [1.29, 1.82) is 0 Å². The van der Waals surface area contributed by atoms with Gasteiger partial charge < -0.3 is 9.32 Å². The summed E-state index contributed by atoms with van der Waals surface area (Å²) in [7, 11) is 0. The van der Waals surface area contributed by atoms with Crippen LogP contribution >= 0.6 is 0 Å². The Morgan fingerprint density at radius 1 is 1.16 bits per heavy atom. The highest BCUT2D eigenvalue weighted by molar-refractivity contribution is 5.77. The molecule has 1 amide bonds. The van der Waals surface area contributed by atoms with E-state index in [4.69, 9.17) is 4.42 Å². The Labute approximate surface area is 180 Å². The summed E-state index contributed by atoms with van der Waals surface area (Å²) in [5, 5.41) is 0. The molecule has 1 aliphatic rings. The summed E-state index contributed by atoms with van der Waals surface area (Å²) in [6.07, 6.45) is 4.07. The molecule has 0 spiro atoms. The third-order valence-corrected chi connectivity index (χ3v) is 5.61. The second-order valence-corrected chi connectivity index (χ2v) is 8.39. The first-order valence-corrected chi connectivity index (χ1v) is 10.7. The zero-order valence-electron chi connectivity index (χ0n) is 17.8. The van der Waals surface area contributed by atoms with Crippen LogP contribution in [-0.4, -0.2) is 21.8 Å². The maximum Gasteiger partial charge on any atom is 0.223 e. The van der Waals surface area contributed by atoms with Gasteiger partial charge in [0.05, 0.1) is 11.8 Å². The van der Waals surface area contributed by atoms with Gasteiger partial charge in [0.15, 0.2) is 11.7 Å². The summed E-state index contributed by atoms with van der Waals surface area (Å²) >= 11 is 0. The van der Waals surface area contributed by atoms with Gasteiger partial charge in [-0.2, -0.15) is 0 Å². The number of hydrogen-bond donors (Lipinski definition) is 0. The van der Waals surface area contributed by atoms with Crippen molar-refractivity contribution in [1.82, 2.24) is 9.88 Å². The molecule has 6 heteroatoms.